The molecule has 0 fully saturated rings. The lowest BCUT2D eigenvalue weighted by Gasteiger charge is -2.14. The van der Waals surface area contributed by atoms with Crippen LogP contribution < -0.4 is 10.8 Å². The molecule has 2 aromatic rings. The predicted octanol–water partition coefficient (Wildman–Crippen LogP) is 4.01. The Morgan fingerprint density at radius 1 is 1.20 bits per heavy atom. The molecule has 0 atom stereocenters. The Bertz CT molecular complexity index is 777. The summed E-state index contributed by atoms with van der Waals surface area (Å²) >= 11 is 7.70. The lowest BCUT2D eigenvalue weighted by Crippen LogP contribution is -2.25. The number of aliphatic hydroxyl groups excluding tert-OH is 1. The van der Waals surface area contributed by atoms with Gasteiger partial charge in [-0.25, -0.2) is 14.3 Å². The quantitative estimate of drug-likeness (QED) is 0.317. The minimum Gasteiger partial charge on any atom is -0.396 e. The first-order valence-electron chi connectivity index (χ1n) is 7.16. The van der Waals surface area contributed by atoms with Gasteiger partial charge >= 0.3 is 0 Å². The van der Waals surface area contributed by atoms with Crippen molar-refractivity contribution in [3.63, 3.8) is 0 Å². The average molecular weight is 483 g/mol. The van der Waals surface area contributed by atoms with Gasteiger partial charge in [0.1, 0.15) is 11.6 Å². The molecule has 0 spiro atoms. The summed E-state index contributed by atoms with van der Waals surface area (Å²) in [5, 5.41) is 11.1. The first-order chi connectivity index (χ1) is 11.9. The molecule has 134 valence electrons. The normalized spacial score (nSPS) is 10.6. The van der Waals surface area contributed by atoms with Gasteiger partial charge in [-0.1, -0.05) is 11.6 Å². The second-order valence-corrected chi connectivity index (χ2v) is 6.57. The standard InChI is InChI=1S/C16H14ClF2IN2O3/c17-11-7-10(16(24)22-25-5-1-4-23)15(8-12(11)18)21-14-3-2-9(20)6-13(14)19/h2-3,6-8,21,23H,1,4-5H2,(H,22,24). The Labute approximate surface area is 161 Å². The first kappa shape index (κ1) is 19.8. The summed E-state index contributed by atoms with van der Waals surface area (Å²) < 4.78 is 28.5. The zero-order valence-corrected chi connectivity index (χ0v) is 15.7. The molecule has 2 rings (SSSR count). The highest BCUT2D eigenvalue weighted by atomic mass is 127. The van der Waals surface area contributed by atoms with E-state index in [9.17, 15) is 13.6 Å². The third kappa shape index (κ3) is 5.50. The number of amides is 1. The maximum Gasteiger partial charge on any atom is 0.277 e. The molecule has 0 aliphatic carbocycles. The molecule has 0 saturated carbocycles. The number of carbonyl (C=O) groups is 1. The number of hydrogen-bond donors (Lipinski definition) is 3. The number of halogens is 4. The minimum atomic E-state index is -0.757. The molecule has 9 heteroatoms. The molecule has 0 aliphatic rings. The van der Waals surface area contributed by atoms with Gasteiger partial charge in [-0.2, -0.15) is 0 Å². The molecule has 0 aliphatic heterocycles. The van der Waals surface area contributed by atoms with E-state index in [-0.39, 0.29) is 35.2 Å². The Morgan fingerprint density at radius 3 is 2.64 bits per heavy atom. The molecular formula is C16H14ClF2IN2O3. The van der Waals surface area contributed by atoms with E-state index in [1.165, 1.54) is 12.1 Å². The van der Waals surface area contributed by atoms with Crippen LogP contribution in [0.2, 0.25) is 5.02 Å². The number of anilines is 2. The lowest BCUT2D eigenvalue weighted by atomic mass is 10.1. The van der Waals surface area contributed by atoms with E-state index < -0.39 is 17.5 Å². The minimum absolute atomic E-state index is 0.0200. The molecule has 0 unspecified atom stereocenters. The maximum atomic E-state index is 14.0. The summed E-state index contributed by atoms with van der Waals surface area (Å²) in [6.07, 6.45) is 0.337. The van der Waals surface area contributed by atoms with Crippen LogP contribution in [0.15, 0.2) is 30.3 Å². The summed E-state index contributed by atoms with van der Waals surface area (Å²) in [4.78, 5) is 17.1. The smallest absolute Gasteiger partial charge is 0.277 e. The number of nitrogens with one attached hydrogen (secondary N) is 2. The van der Waals surface area contributed by atoms with Crippen molar-refractivity contribution < 1.29 is 23.5 Å². The van der Waals surface area contributed by atoms with Crippen molar-refractivity contribution in [2.75, 3.05) is 18.5 Å². The Morgan fingerprint density at radius 2 is 1.96 bits per heavy atom. The number of rotatable bonds is 7. The van der Waals surface area contributed by atoms with Crippen LogP contribution in [-0.4, -0.2) is 24.2 Å². The van der Waals surface area contributed by atoms with Crippen molar-refractivity contribution in [2.24, 2.45) is 0 Å². The number of carbonyl (C=O) groups excluding carboxylic acids is 1. The van der Waals surface area contributed by atoms with Gasteiger partial charge in [-0.05, 0) is 59.3 Å². The molecule has 2 aromatic carbocycles. The number of hydrogen-bond acceptors (Lipinski definition) is 4. The Kier molecular flexibility index (Phi) is 7.36. The van der Waals surface area contributed by atoms with E-state index in [0.29, 0.717) is 9.99 Å². The van der Waals surface area contributed by atoms with Crippen molar-refractivity contribution >= 4 is 51.5 Å². The van der Waals surface area contributed by atoms with Crippen molar-refractivity contribution in [3.05, 3.63) is 56.1 Å². The zero-order chi connectivity index (χ0) is 18.4. The number of hydroxylamine groups is 1. The van der Waals surface area contributed by atoms with Crippen LogP contribution in [0.4, 0.5) is 20.2 Å². The molecule has 5 nitrogen and oxygen atoms in total. The zero-order valence-electron chi connectivity index (χ0n) is 12.8. The second-order valence-electron chi connectivity index (χ2n) is 4.92. The summed E-state index contributed by atoms with van der Waals surface area (Å²) in [5.41, 5.74) is 2.26. The van der Waals surface area contributed by atoms with Crippen LogP contribution in [0.3, 0.4) is 0 Å². The van der Waals surface area contributed by atoms with Gasteiger partial charge in [0.25, 0.3) is 5.91 Å². The molecule has 25 heavy (non-hydrogen) atoms. The first-order valence-corrected chi connectivity index (χ1v) is 8.62. The van der Waals surface area contributed by atoms with Crippen LogP contribution in [0.25, 0.3) is 0 Å². The molecule has 1 amide bonds. The summed E-state index contributed by atoms with van der Waals surface area (Å²) in [6, 6.07) is 6.56. The van der Waals surface area contributed by atoms with E-state index >= 15 is 0 Å². The van der Waals surface area contributed by atoms with Gasteiger partial charge in [-0.3, -0.25) is 9.63 Å². The van der Waals surface area contributed by atoms with Crippen molar-refractivity contribution in [1.82, 2.24) is 5.48 Å². The highest BCUT2D eigenvalue weighted by molar-refractivity contribution is 14.1. The van der Waals surface area contributed by atoms with Crippen LogP contribution in [0.5, 0.6) is 0 Å². The van der Waals surface area contributed by atoms with Crippen LogP contribution in [0.1, 0.15) is 16.8 Å². The molecule has 0 heterocycles. The third-order valence-corrected chi connectivity index (χ3v) is 4.04. The van der Waals surface area contributed by atoms with Gasteiger partial charge in [0, 0.05) is 10.2 Å². The topological polar surface area (TPSA) is 70.6 Å². The fourth-order valence-corrected chi connectivity index (χ4v) is 2.50. The second kappa shape index (κ2) is 9.27. The van der Waals surface area contributed by atoms with E-state index in [2.05, 4.69) is 10.8 Å². The van der Waals surface area contributed by atoms with Crippen LogP contribution in [0, 0.1) is 15.2 Å². The van der Waals surface area contributed by atoms with Crippen molar-refractivity contribution in [1.29, 1.82) is 0 Å². The fraction of sp³-hybridized carbons (Fsp3) is 0.188. The van der Waals surface area contributed by atoms with Gasteiger partial charge in [0.15, 0.2) is 0 Å². The summed E-state index contributed by atoms with van der Waals surface area (Å²) in [5.74, 6) is -1.99. The fourth-order valence-electron chi connectivity index (χ4n) is 1.88. The number of benzene rings is 2. The van der Waals surface area contributed by atoms with E-state index in [0.717, 1.165) is 12.1 Å². The molecule has 0 aromatic heterocycles. The van der Waals surface area contributed by atoms with Gasteiger partial charge in [-0.15, -0.1) is 0 Å². The molecule has 0 radical (unpaired) electrons. The summed E-state index contributed by atoms with van der Waals surface area (Å²) in [6.45, 7) is 0.0167. The van der Waals surface area contributed by atoms with Gasteiger partial charge in [0.2, 0.25) is 0 Å². The van der Waals surface area contributed by atoms with E-state index in [1.54, 1.807) is 6.07 Å². The van der Waals surface area contributed by atoms with Crippen LogP contribution >= 0.6 is 34.2 Å². The largest absolute Gasteiger partial charge is 0.396 e. The van der Waals surface area contributed by atoms with Crippen molar-refractivity contribution in [2.45, 2.75) is 6.42 Å². The Hall–Kier alpha value is -1.49. The van der Waals surface area contributed by atoms with Crippen LogP contribution in [-0.2, 0) is 4.84 Å². The van der Waals surface area contributed by atoms with Crippen molar-refractivity contribution in [3.8, 4) is 0 Å². The molecule has 3 N–H and O–H groups in total. The summed E-state index contributed by atoms with van der Waals surface area (Å²) in [7, 11) is 0. The van der Waals surface area contributed by atoms with E-state index in [1.807, 2.05) is 22.6 Å². The SMILES string of the molecule is O=C(NOCCCO)c1cc(Cl)c(F)cc1Nc1ccc(I)cc1F. The molecular weight excluding hydrogens is 469 g/mol. The maximum absolute atomic E-state index is 14.0. The van der Waals surface area contributed by atoms with Gasteiger partial charge < -0.3 is 10.4 Å². The Balaban J connectivity index is 2.26. The lowest BCUT2D eigenvalue weighted by molar-refractivity contribution is 0.0262. The highest BCUT2D eigenvalue weighted by Gasteiger charge is 2.17. The molecule has 0 saturated heterocycles. The predicted molar refractivity (Wildman–Crippen MR) is 98.9 cm³/mol. The monoisotopic (exact) mass is 482 g/mol. The third-order valence-electron chi connectivity index (χ3n) is 3.07. The molecule has 0 bridgehead atoms. The average Bonchev–Trinajstić information content (AvgIpc) is 2.57. The highest BCUT2D eigenvalue weighted by Crippen LogP contribution is 2.28. The number of aliphatic hydroxyl groups is 1. The van der Waals surface area contributed by atoms with E-state index in [4.69, 9.17) is 21.5 Å². The van der Waals surface area contributed by atoms with Gasteiger partial charge in [0.05, 0.1) is 28.6 Å².